The first-order valence-corrected chi connectivity index (χ1v) is 12.2. The van der Waals surface area contributed by atoms with E-state index in [1.165, 1.54) is 11.3 Å². The van der Waals surface area contributed by atoms with E-state index in [4.69, 9.17) is 16.3 Å². The van der Waals surface area contributed by atoms with Gasteiger partial charge in [0.2, 0.25) is 11.8 Å². The van der Waals surface area contributed by atoms with E-state index in [2.05, 4.69) is 22.5 Å². The number of nitrogens with zero attached hydrogens (tertiary/aromatic N) is 1. The van der Waals surface area contributed by atoms with Crippen LogP contribution >= 0.6 is 22.9 Å². The number of rotatable bonds is 10. The first-order chi connectivity index (χ1) is 15.0. The molecule has 31 heavy (non-hydrogen) atoms. The van der Waals surface area contributed by atoms with Crippen LogP contribution < -0.4 is 15.4 Å². The van der Waals surface area contributed by atoms with E-state index in [1.807, 2.05) is 5.38 Å². The quantitative estimate of drug-likeness (QED) is 0.502. The monoisotopic (exact) mass is 463 g/mol. The minimum atomic E-state index is -0.792. The minimum Gasteiger partial charge on any atom is -0.486 e. The summed E-state index contributed by atoms with van der Waals surface area (Å²) >= 11 is 7.34. The number of benzene rings is 1. The van der Waals surface area contributed by atoms with Gasteiger partial charge in [-0.1, -0.05) is 44.2 Å². The van der Waals surface area contributed by atoms with Crippen molar-refractivity contribution in [2.45, 2.75) is 70.4 Å². The number of ether oxygens (including phenoxy) is 1. The molecule has 0 unspecified atom stereocenters. The number of carbonyl (C=O) groups excluding carboxylic acids is 2. The maximum atomic E-state index is 12.9. The molecule has 1 aromatic carbocycles. The molecule has 1 aliphatic carbocycles. The van der Waals surface area contributed by atoms with Crippen LogP contribution in [0.2, 0.25) is 5.02 Å². The van der Waals surface area contributed by atoms with Crippen LogP contribution in [0.1, 0.15) is 62.6 Å². The Bertz CT molecular complexity index is 863. The lowest BCUT2D eigenvalue weighted by Crippen LogP contribution is -2.60. The van der Waals surface area contributed by atoms with E-state index in [1.54, 1.807) is 24.3 Å². The maximum absolute atomic E-state index is 12.9. The van der Waals surface area contributed by atoms with E-state index in [-0.39, 0.29) is 18.2 Å². The highest BCUT2D eigenvalue weighted by Crippen LogP contribution is 2.29. The van der Waals surface area contributed by atoms with Crippen molar-refractivity contribution in [3.63, 3.8) is 0 Å². The molecule has 0 bridgehead atoms. The summed E-state index contributed by atoms with van der Waals surface area (Å²) in [4.78, 5) is 30.1. The molecule has 3 rings (SSSR count). The number of unbranched alkanes of at least 4 members (excludes halogenated alkanes) is 1. The second-order valence-corrected chi connectivity index (χ2v) is 9.33. The number of halogens is 1. The topological polar surface area (TPSA) is 80.3 Å². The summed E-state index contributed by atoms with van der Waals surface area (Å²) < 4.78 is 5.72. The summed E-state index contributed by atoms with van der Waals surface area (Å²) in [5.41, 5.74) is -0.103. The van der Waals surface area contributed by atoms with E-state index in [0.717, 1.165) is 37.1 Å². The lowest BCUT2D eigenvalue weighted by molar-refractivity contribution is -0.134. The molecule has 168 valence electrons. The Labute approximate surface area is 192 Å². The van der Waals surface area contributed by atoms with Crippen LogP contribution in [0.15, 0.2) is 29.6 Å². The molecule has 0 radical (unpaired) electrons. The van der Waals surface area contributed by atoms with E-state index in [9.17, 15) is 9.59 Å². The van der Waals surface area contributed by atoms with Crippen molar-refractivity contribution in [3.05, 3.63) is 45.4 Å². The largest absolute Gasteiger partial charge is 0.486 e. The minimum absolute atomic E-state index is 0.0515. The van der Waals surface area contributed by atoms with Gasteiger partial charge in [0.1, 0.15) is 22.9 Å². The fraction of sp³-hybridized carbons (Fsp3) is 0.522. The van der Waals surface area contributed by atoms with Crippen molar-refractivity contribution in [1.82, 2.24) is 15.6 Å². The zero-order valence-corrected chi connectivity index (χ0v) is 19.5. The van der Waals surface area contributed by atoms with Gasteiger partial charge < -0.3 is 15.4 Å². The first kappa shape index (κ1) is 23.5. The summed E-state index contributed by atoms with van der Waals surface area (Å²) in [6.45, 7) is 3.07. The highest BCUT2D eigenvalue weighted by Gasteiger charge is 2.40. The van der Waals surface area contributed by atoms with Crippen molar-refractivity contribution in [3.8, 4) is 5.75 Å². The lowest BCUT2D eigenvalue weighted by atomic mass is 9.80. The zero-order valence-electron chi connectivity index (χ0n) is 17.9. The molecular formula is C23H30ClN3O3S. The normalized spacial score (nSPS) is 15.3. The van der Waals surface area contributed by atoms with Crippen LogP contribution in [0.25, 0.3) is 0 Å². The van der Waals surface area contributed by atoms with Crippen molar-refractivity contribution in [2.75, 3.05) is 6.54 Å². The van der Waals surface area contributed by atoms with Gasteiger partial charge in [0.05, 0.1) is 12.1 Å². The highest BCUT2D eigenvalue weighted by atomic mass is 35.5. The maximum Gasteiger partial charge on any atom is 0.245 e. The molecule has 0 aliphatic heterocycles. The molecular weight excluding hydrogens is 434 g/mol. The van der Waals surface area contributed by atoms with Crippen molar-refractivity contribution in [2.24, 2.45) is 0 Å². The first-order valence-electron chi connectivity index (χ1n) is 10.9. The molecule has 0 atom stereocenters. The van der Waals surface area contributed by atoms with Crippen molar-refractivity contribution >= 4 is 34.8 Å². The molecule has 0 saturated heterocycles. The van der Waals surface area contributed by atoms with Crippen LogP contribution in [-0.2, 0) is 22.6 Å². The fourth-order valence-electron chi connectivity index (χ4n) is 3.76. The lowest BCUT2D eigenvalue weighted by Gasteiger charge is -2.36. The second kappa shape index (κ2) is 11.5. The Morgan fingerprint density at radius 2 is 1.94 bits per heavy atom. The van der Waals surface area contributed by atoms with Gasteiger partial charge in [-0.3, -0.25) is 9.59 Å². The molecule has 1 saturated carbocycles. The smallest absolute Gasteiger partial charge is 0.245 e. The van der Waals surface area contributed by atoms with Gasteiger partial charge in [0.15, 0.2) is 0 Å². The summed E-state index contributed by atoms with van der Waals surface area (Å²) in [6, 6.07) is 7.15. The fourth-order valence-corrected chi connectivity index (χ4v) is 4.59. The average Bonchev–Trinajstić information content (AvgIpc) is 3.21. The third kappa shape index (κ3) is 6.94. The highest BCUT2D eigenvalue weighted by molar-refractivity contribution is 7.09. The molecule has 2 amide bonds. The van der Waals surface area contributed by atoms with Gasteiger partial charge in [-0.25, -0.2) is 4.98 Å². The van der Waals surface area contributed by atoms with E-state index >= 15 is 0 Å². The summed E-state index contributed by atoms with van der Waals surface area (Å²) in [5, 5.41) is 9.38. The number of carbonyl (C=O) groups is 2. The van der Waals surface area contributed by atoms with Gasteiger partial charge in [0, 0.05) is 16.9 Å². The molecule has 1 aliphatic rings. The Hall–Kier alpha value is -2.12. The van der Waals surface area contributed by atoms with Gasteiger partial charge in [-0.05, 0) is 43.5 Å². The predicted molar refractivity (Wildman–Crippen MR) is 123 cm³/mol. The molecule has 1 heterocycles. The molecule has 6 nitrogen and oxygen atoms in total. The molecule has 2 N–H and O–H groups in total. The molecule has 1 aromatic heterocycles. The van der Waals surface area contributed by atoms with Crippen molar-refractivity contribution < 1.29 is 14.3 Å². The van der Waals surface area contributed by atoms with Crippen LogP contribution in [0, 0.1) is 0 Å². The Morgan fingerprint density at radius 1 is 1.19 bits per heavy atom. The molecule has 8 heteroatoms. The van der Waals surface area contributed by atoms with Gasteiger partial charge in [-0.2, -0.15) is 0 Å². The third-order valence-electron chi connectivity index (χ3n) is 5.45. The van der Waals surface area contributed by atoms with Gasteiger partial charge >= 0.3 is 0 Å². The molecule has 0 spiro atoms. The van der Waals surface area contributed by atoms with Crippen LogP contribution in [0.3, 0.4) is 0 Å². The summed E-state index contributed by atoms with van der Waals surface area (Å²) in [7, 11) is 0. The van der Waals surface area contributed by atoms with Crippen LogP contribution in [0.5, 0.6) is 5.75 Å². The zero-order chi connectivity index (χ0) is 22.1. The number of amides is 2. The van der Waals surface area contributed by atoms with E-state index in [0.29, 0.717) is 42.5 Å². The number of hydrogen-bond acceptors (Lipinski definition) is 5. The SMILES string of the molecule is CCCCNC(=O)C1(NC(=O)Cc2csc(COc3ccc(Cl)cc3)n2)CCCCC1. The van der Waals surface area contributed by atoms with E-state index < -0.39 is 5.54 Å². The van der Waals surface area contributed by atoms with Gasteiger partial charge in [-0.15, -0.1) is 11.3 Å². The second-order valence-electron chi connectivity index (χ2n) is 7.95. The number of nitrogens with one attached hydrogen (secondary N) is 2. The summed E-state index contributed by atoms with van der Waals surface area (Å²) in [6.07, 6.45) is 6.49. The predicted octanol–water partition coefficient (Wildman–Crippen LogP) is 4.65. The average molecular weight is 464 g/mol. The van der Waals surface area contributed by atoms with Gasteiger partial charge in [0.25, 0.3) is 0 Å². The third-order valence-corrected chi connectivity index (χ3v) is 6.58. The van der Waals surface area contributed by atoms with Crippen LogP contribution in [0.4, 0.5) is 0 Å². The molecule has 2 aromatic rings. The Balaban J connectivity index is 1.54. The number of hydrogen-bond donors (Lipinski definition) is 2. The summed E-state index contributed by atoms with van der Waals surface area (Å²) in [5.74, 6) is 0.500. The number of aromatic nitrogens is 1. The number of thiazole rings is 1. The molecule has 1 fully saturated rings. The van der Waals surface area contributed by atoms with Crippen molar-refractivity contribution in [1.29, 1.82) is 0 Å². The Kier molecular flexibility index (Phi) is 8.72. The Morgan fingerprint density at radius 3 is 2.65 bits per heavy atom. The standard InChI is InChI=1S/C23H30ClN3O3S/c1-2-3-13-25-22(29)23(11-5-4-6-12-23)27-20(28)14-18-16-31-21(26-18)15-30-19-9-7-17(24)8-10-19/h7-10,16H,2-6,11-15H2,1H3,(H,25,29)(H,27,28). The van der Waals surface area contributed by atoms with Crippen LogP contribution in [-0.4, -0.2) is 28.9 Å².